The van der Waals surface area contributed by atoms with Crippen LogP contribution in [-0.2, 0) is 0 Å². The number of rotatable bonds is 6. The lowest BCUT2D eigenvalue weighted by molar-refractivity contribution is 0.399. The molecule has 1 unspecified atom stereocenters. The Hall–Kier alpha value is -1.46. The number of nitrogens with one attached hydrogen (secondary N) is 1. The van der Waals surface area contributed by atoms with E-state index >= 15 is 0 Å². The van der Waals surface area contributed by atoms with Crippen molar-refractivity contribution in [2.45, 2.75) is 19.4 Å². The molecule has 2 rings (SSSR count). The molecule has 4 nitrogen and oxygen atoms in total. The molecule has 1 atom stereocenters. The normalized spacial score (nSPS) is 12.2. The van der Waals surface area contributed by atoms with Crippen molar-refractivity contribution in [1.82, 2.24) is 15.3 Å². The van der Waals surface area contributed by atoms with E-state index in [4.69, 9.17) is 4.74 Å². The predicted molar refractivity (Wildman–Crippen MR) is 82.9 cm³/mol. The van der Waals surface area contributed by atoms with Gasteiger partial charge in [-0.2, -0.15) is 0 Å². The maximum absolute atomic E-state index is 5.42. The molecule has 2 aromatic rings. The summed E-state index contributed by atoms with van der Waals surface area (Å²) in [6, 6.07) is 7.58. The predicted octanol–water partition coefficient (Wildman–Crippen LogP) is 3.34. The highest BCUT2D eigenvalue weighted by Gasteiger charge is 2.22. The zero-order valence-corrected chi connectivity index (χ0v) is 13.2. The van der Waals surface area contributed by atoms with Gasteiger partial charge in [0, 0.05) is 16.9 Å². The Morgan fingerprint density at radius 2 is 1.90 bits per heavy atom. The summed E-state index contributed by atoms with van der Waals surface area (Å²) >= 11 is 3.56. The third kappa shape index (κ3) is 3.35. The van der Waals surface area contributed by atoms with Gasteiger partial charge in [-0.05, 0) is 53.2 Å². The van der Waals surface area contributed by atoms with E-state index in [0.717, 1.165) is 34.6 Å². The van der Waals surface area contributed by atoms with Crippen LogP contribution in [0.25, 0.3) is 0 Å². The van der Waals surface area contributed by atoms with E-state index in [2.05, 4.69) is 38.1 Å². The molecule has 5 heteroatoms. The number of ether oxygens (including phenoxy) is 1. The summed E-state index contributed by atoms with van der Waals surface area (Å²) in [6.07, 6.45) is 4.60. The number of aromatic nitrogens is 2. The average molecular weight is 336 g/mol. The Morgan fingerprint density at radius 3 is 2.55 bits per heavy atom. The Kier molecular flexibility index (Phi) is 5.49. The number of hydrogen-bond acceptors (Lipinski definition) is 4. The second kappa shape index (κ2) is 7.36. The maximum Gasteiger partial charge on any atom is 0.142 e. The number of halogens is 1. The average Bonchev–Trinajstić information content (AvgIpc) is 2.49. The second-order valence-electron chi connectivity index (χ2n) is 4.35. The van der Waals surface area contributed by atoms with Gasteiger partial charge >= 0.3 is 0 Å². The number of pyridine rings is 2. The SMILES string of the molecule is CCCNC(c1ncccc1Br)c1ncccc1OC. The first-order valence-electron chi connectivity index (χ1n) is 6.60. The third-order valence-corrected chi connectivity index (χ3v) is 3.62. The minimum atomic E-state index is -0.0957. The molecule has 0 aliphatic heterocycles. The Labute approximate surface area is 127 Å². The lowest BCUT2D eigenvalue weighted by Crippen LogP contribution is -2.25. The highest BCUT2D eigenvalue weighted by Crippen LogP contribution is 2.30. The Bertz CT molecular complexity index is 562. The van der Waals surface area contributed by atoms with Crippen LogP contribution in [0.15, 0.2) is 41.1 Å². The van der Waals surface area contributed by atoms with Gasteiger partial charge in [-0.15, -0.1) is 0 Å². The van der Waals surface area contributed by atoms with Crippen molar-refractivity contribution in [2.24, 2.45) is 0 Å². The Balaban J connectivity index is 2.44. The molecule has 0 saturated carbocycles. The molecule has 0 spiro atoms. The van der Waals surface area contributed by atoms with Crippen LogP contribution in [0.3, 0.4) is 0 Å². The van der Waals surface area contributed by atoms with E-state index < -0.39 is 0 Å². The van der Waals surface area contributed by atoms with Crippen molar-refractivity contribution in [3.63, 3.8) is 0 Å². The van der Waals surface area contributed by atoms with Gasteiger partial charge in [0.05, 0.1) is 18.8 Å². The van der Waals surface area contributed by atoms with E-state index in [1.54, 1.807) is 19.5 Å². The van der Waals surface area contributed by atoms with Gasteiger partial charge in [0.1, 0.15) is 11.4 Å². The van der Waals surface area contributed by atoms with Crippen LogP contribution < -0.4 is 10.1 Å². The van der Waals surface area contributed by atoms with Crippen LogP contribution in [0.5, 0.6) is 5.75 Å². The molecule has 20 heavy (non-hydrogen) atoms. The van der Waals surface area contributed by atoms with E-state index in [0.29, 0.717) is 0 Å². The van der Waals surface area contributed by atoms with E-state index in [1.165, 1.54) is 0 Å². The molecule has 1 N–H and O–H groups in total. The molecule has 0 aliphatic rings. The summed E-state index contributed by atoms with van der Waals surface area (Å²) in [5.74, 6) is 0.763. The summed E-state index contributed by atoms with van der Waals surface area (Å²) in [6.45, 7) is 3.01. The largest absolute Gasteiger partial charge is 0.495 e. The molecule has 0 aliphatic carbocycles. The molecule has 0 fully saturated rings. The third-order valence-electron chi connectivity index (χ3n) is 2.95. The Morgan fingerprint density at radius 1 is 1.20 bits per heavy atom. The van der Waals surface area contributed by atoms with Crippen molar-refractivity contribution >= 4 is 15.9 Å². The topological polar surface area (TPSA) is 47.0 Å². The fourth-order valence-corrected chi connectivity index (χ4v) is 2.50. The van der Waals surface area contributed by atoms with Crippen molar-refractivity contribution < 1.29 is 4.74 Å². The van der Waals surface area contributed by atoms with Crippen LogP contribution in [0.1, 0.15) is 30.8 Å². The standard InChI is InChI=1S/C15H18BrN3O/c1-3-8-17-15(13-11(16)6-4-9-18-13)14-12(20-2)7-5-10-19-14/h4-7,9-10,15,17H,3,8H2,1-2H3. The molecule has 0 saturated heterocycles. The lowest BCUT2D eigenvalue weighted by Gasteiger charge is -2.20. The van der Waals surface area contributed by atoms with E-state index in [-0.39, 0.29) is 6.04 Å². The van der Waals surface area contributed by atoms with Crippen LogP contribution in [0.4, 0.5) is 0 Å². The quantitative estimate of drug-likeness (QED) is 0.879. The first kappa shape index (κ1) is 14.9. The molecule has 106 valence electrons. The molecule has 0 aromatic carbocycles. The highest BCUT2D eigenvalue weighted by atomic mass is 79.9. The van der Waals surface area contributed by atoms with Gasteiger partial charge in [-0.1, -0.05) is 6.92 Å². The maximum atomic E-state index is 5.42. The van der Waals surface area contributed by atoms with Gasteiger partial charge in [-0.25, -0.2) is 0 Å². The first-order chi connectivity index (χ1) is 9.77. The summed E-state index contributed by atoms with van der Waals surface area (Å²) in [5, 5.41) is 3.48. The van der Waals surface area contributed by atoms with Gasteiger partial charge in [0.25, 0.3) is 0 Å². The van der Waals surface area contributed by atoms with Crippen molar-refractivity contribution in [2.75, 3.05) is 13.7 Å². The number of nitrogens with zero attached hydrogens (tertiary/aromatic N) is 2. The first-order valence-corrected chi connectivity index (χ1v) is 7.40. The zero-order chi connectivity index (χ0) is 14.4. The number of hydrogen-bond donors (Lipinski definition) is 1. The molecular formula is C15H18BrN3O. The van der Waals surface area contributed by atoms with Crippen LogP contribution in [0, 0.1) is 0 Å². The monoisotopic (exact) mass is 335 g/mol. The van der Waals surface area contributed by atoms with Crippen molar-refractivity contribution in [3.8, 4) is 5.75 Å². The second-order valence-corrected chi connectivity index (χ2v) is 5.20. The van der Waals surface area contributed by atoms with Gasteiger partial charge in [0.2, 0.25) is 0 Å². The molecule has 2 aromatic heterocycles. The molecule has 0 bridgehead atoms. The molecular weight excluding hydrogens is 318 g/mol. The summed E-state index contributed by atoms with van der Waals surface area (Å²) in [7, 11) is 1.66. The van der Waals surface area contributed by atoms with Crippen molar-refractivity contribution in [3.05, 3.63) is 52.5 Å². The van der Waals surface area contributed by atoms with Gasteiger partial charge in [-0.3, -0.25) is 9.97 Å². The summed E-state index contributed by atoms with van der Waals surface area (Å²) in [4.78, 5) is 8.95. The van der Waals surface area contributed by atoms with Crippen LogP contribution in [-0.4, -0.2) is 23.6 Å². The molecule has 0 radical (unpaired) electrons. The molecule has 2 heterocycles. The van der Waals surface area contributed by atoms with Gasteiger partial charge in [0.15, 0.2) is 0 Å². The lowest BCUT2D eigenvalue weighted by atomic mass is 10.1. The molecule has 0 amide bonds. The fourth-order valence-electron chi connectivity index (χ4n) is 2.01. The summed E-state index contributed by atoms with van der Waals surface area (Å²) < 4.78 is 6.38. The smallest absolute Gasteiger partial charge is 0.142 e. The van der Waals surface area contributed by atoms with Crippen LogP contribution in [0.2, 0.25) is 0 Å². The minimum Gasteiger partial charge on any atom is -0.495 e. The highest BCUT2D eigenvalue weighted by molar-refractivity contribution is 9.10. The van der Waals surface area contributed by atoms with Gasteiger partial charge < -0.3 is 10.1 Å². The zero-order valence-electron chi connectivity index (χ0n) is 11.6. The van der Waals surface area contributed by atoms with Crippen molar-refractivity contribution in [1.29, 1.82) is 0 Å². The fraction of sp³-hybridized carbons (Fsp3) is 0.333. The number of methoxy groups -OCH3 is 1. The summed E-state index contributed by atoms with van der Waals surface area (Å²) in [5.41, 5.74) is 1.76. The van der Waals surface area contributed by atoms with E-state index in [1.807, 2.05) is 24.3 Å². The van der Waals surface area contributed by atoms with Crippen LogP contribution >= 0.6 is 15.9 Å². The van der Waals surface area contributed by atoms with E-state index in [9.17, 15) is 0 Å². The minimum absolute atomic E-state index is 0.0957.